The largest absolute Gasteiger partial charge is 0.305 e. The van der Waals surface area contributed by atoms with Crippen molar-refractivity contribution in [2.24, 2.45) is 0 Å². The maximum Gasteiger partial charge on any atom is 0.180 e. The smallest absolute Gasteiger partial charge is 0.180 e. The lowest BCUT2D eigenvalue weighted by Gasteiger charge is -2.14. The molecule has 0 aliphatic carbocycles. The van der Waals surface area contributed by atoms with Gasteiger partial charge in [-0.15, -0.1) is 11.3 Å². The number of hydrogen-bond donors (Lipinski definition) is 1. The van der Waals surface area contributed by atoms with Crippen LogP contribution in [-0.4, -0.2) is 17.9 Å². The highest BCUT2D eigenvalue weighted by Gasteiger charge is 2.16. The highest BCUT2D eigenvalue weighted by atomic mass is 35.5. The lowest BCUT2D eigenvalue weighted by molar-refractivity contribution is 0.0947. The standard InChI is InChI=1S/C10H14ClNOS/c1-6(2)12-7(3)10(13)8-4-9(11)14-5-8/h4-7,12H,1-3H3. The normalized spacial score (nSPS) is 13.2. The van der Waals surface area contributed by atoms with Gasteiger partial charge in [-0.25, -0.2) is 0 Å². The molecule has 0 aromatic carbocycles. The molecule has 0 saturated heterocycles. The second-order valence-electron chi connectivity index (χ2n) is 3.55. The van der Waals surface area contributed by atoms with E-state index in [1.165, 1.54) is 11.3 Å². The number of carbonyl (C=O) groups is 1. The fourth-order valence-electron chi connectivity index (χ4n) is 1.26. The third kappa shape index (κ3) is 3.08. The Morgan fingerprint density at radius 3 is 2.57 bits per heavy atom. The van der Waals surface area contributed by atoms with Gasteiger partial charge in [-0.1, -0.05) is 25.4 Å². The van der Waals surface area contributed by atoms with E-state index >= 15 is 0 Å². The lowest BCUT2D eigenvalue weighted by atomic mass is 10.1. The van der Waals surface area contributed by atoms with Gasteiger partial charge >= 0.3 is 0 Å². The molecule has 0 aliphatic rings. The zero-order valence-corrected chi connectivity index (χ0v) is 10.1. The summed E-state index contributed by atoms with van der Waals surface area (Å²) in [5, 5.41) is 4.96. The van der Waals surface area contributed by atoms with Crippen molar-refractivity contribution in [3.63, 3.8) is 0 Å². The molecule has 2 nitrogen and oxygen atoms in total. The van der Waals surface area contributed by atoms with E-state index in [2.05, 4.69) is 5.32 Å². The van der Waals surface area contributed by atoms with Gasteiger partial charge in [-0.2, -0.15) is 0 Å². The summed E-state index contributed by atoms with van der Waals surface area (Å²) in [7, 11) is 0. The molecular formula is C10H14ClNOS. The van der Waals surface area contributed by atoms with Gasteiger partial charge in [0.15, 0.2) is 5.78 Å². The predicted octanol–water partition coefficient (Wildman–Crippen LogP) is 2.97. The van der Waals surface area contributed by atoms with Crippen LogP contribution in [0.4, 0.5) is 0 Å². The fraction of sp³-hybridized carbons (Fsp3) is 0.500. The van der Waals surface area contributed by atoms with Crippen molar-refractivity contribution in [2.75, 3.05) is 0 Å². The molecule has 0 saturated carbocycles. The van der Waals surface area contributed by atoms with E-state index in [-0.39, 0.29) is 11.8 Å². The first-order valence-electron chi connectivity index (χ1n) is 4.55. The van der Waals surface area contributed by atoms with E-state index in [0.717, 1.165) is 0 Å². The Bertz CT molecular complexity index is 322. The van der Waals surface area contributed by atoms with Gasteiger partial charge in [0.25, 0.3) is 0 Å². The van der Waals surface area contributed by atoms with Gasteiger partial charge in [0.1, 0.15) is 0 Å². The summed E-state index contributed by atoms with van der Waals surface area (Å²) >= 11 is 7.15. The van der Waals surface area contributed by atoms with Crippen LogP contribution in [0.2, 0.25) is 4.34 Å². The van der Waals surface area contributed by atoms with E-state index < -0.39 is 0 Å². The Hall–Kier alpha value is -0.380. The number of thiophene rings is 1. The van der Waals surface area contributed by atoms with Gasteiger partial charge < -0.3 is 5.32 Å². The number of hydrogen-bond acceptors (Lipinski definition) is 3. The van der Waals surface area contributed by atoms with E-state index in [1.807, 2.05) is 20.8 Å². The van der Waals surface area contributed by atoms with E-state index in [9.17, 15) is 4.79 Å². The average molecular weight is 232 g/mol. The zero-order valence-electron chi connectivity index (χ0n) is 8.50. The molecule has 4 heteroatoms. The third-order valence-corrected chi connectivity index (χ3v) is 2.92. The maximum atomic E-state index is 11.8. The molecule has 78 valence electrons. The number of halogens is 1. The van der Waals surface area contributed by atoms with Crippen LogP contribution < -0.4 is 5.32 Å². The molecule has 1 aromatic heterocycles. The minimum absolute atomic E-state index is 0.0989. The number of ketones is 1. The summed E-state index contributed by atoms with van der Waals surface area (Å²) < 4.78 is 0.657. The first-order chi connectivity index (χ1) is 6.50. The van der Waals surface area contributed by atoms with Crippen molar-refractivity contribution in [1.82, 2.24) is 5.32 Å². The van der Waals surface area contributed by atoms with Crippen molar-refractivity contribution in [1.29, 1.82) is 0 Å². The molecule has 0 spiro atoms. The Kier molecular flexibility index (Phi) is 4.11. The second kappa shape index (κ2) is 4.91. The summed E-state index contributed by atoms with van der Waals surface area (Å²) in [5.41, 5.74) is 0.695. The minimum atomic E-state index is -0.152. The first kappa shape index (κ1) is 11.7. The van der Waals surface area contributed by atoms with E-state index in [4.69, 9.17) is 11.6 Å². The van der Waals surface area contributed by atoms with Gasteiger partial charge in [0, 0.05) is 17.0 Å². The van der Waals surface area contributed by atoms with Crippen molar-refractivity contribution < 1.29 is 4.79 Å². The van der Waals surface area contributed by atoms with Gasteiger partial charge in [0.05, 0.1) is 10.4 Å². The van der Waals surface area contributed by atoms with Crippen LogP contribution in [0, 0.1) is 0 Å². The second-order valence-corrected chi connectivity index (χ2v) is 5.09. The number of rotatable bonds is 4. The Labute approximate surface area is 93.3 Å². The van der Waals surface area contributed by atoms with Crippen LogP contribution in [0.1, 0.15) is 31.1 Å². The summed E-state index contributed by atoms with van der Waals surface area (Å²) in [6.45, 7) is 5.91. The van der Waals surface area contributed by atoms with Crippen molar-refractivity contribution in [3.8, 4) is 0 Å². The number of carbonyl (C=O) groups excluding carboxylic acids is 1. The topological polar surface area (TPSA) is 29.1 Å². The quantitative estimate of drug-likeness (QED) is 0.808. The zero-order chi connectivity index (χ0) is 10.7. The summed E-state index contributed by atoms with van der Waals surface area (Å²) in [5.74, 6) is 0.0989. The van der Waals surface area contributed by atoms with E-state index in [1.54, 1.807) is 11.4 Å². The molecule has 1 rings (SSSR count). The van der Waals surface area contributed by atoms with Crippen LogP contribution in [0.5, 0.6) is 0 Å². The molecule has 1 aromatic rings. The van der Waals surface area contributed by atoms with Crippen LogP contribution in [0.15, 0.2) is 11.4 Å². The number of nitrogens with one attached hydrogen (secondary N) is 1. The fourth-order valence-corrected chi connectivity index (χ4v) is 2.13. The molecule has 0 radical (unpaired) electrons. The molecule has 1 heterocycles. The molecule has 1 N–H and O–H groups in total. The molecule has 0 fully saturated rings. The van der Waals surface area contributed by atoms with Crippen LogP contribution in [0.3, 0.4) is 0 Å². The Morgan fingerprint density at radius 2 is 2.14 bits per heavy atom. The van der Waals surface area contributed by atoms with Crippen molar-refractivity contribution in [2.45, 2.75) is 32.9 Å². The molecule has 1 atom stereocenters. The Morgan fingerprint density at radius 1 is 1.50 bits per heavy atom. The molecule has 14 heavy (non-hydrogen) atoms. The first-order valence-corrected chi connectivity index (χ1v) is 5.80. The highest BCUT2D eigenvalue weighted by Crippen LogP contribution is 2.20. The van der Waals surface area contributed by atoms with Crippen molar-refractivity contribution in [3.05, 3.63) is 21.3 Å². The predicted molar refractivity (Wildman–Crippen MR) is 61.4 cm³/mol. The van der Waals surface area contributed by atoms with Crippen LogP contribution >= 0.6 is 22.9 Å². The monoisotopic (exact) mass is 231 g/mol. The SMILES string of the molecule is CC(C)NC(C)C(=O)c1csc(Cl)c1. The molecule has 0 aliphatic heterocycles. The number of Topliss-reactive ketones (excluding diaryl/α,β-unsaturated/α-hetero) is 1. The van der Waals surface area contributed by atoms with Gasteiger partial charge in [-0.3, -0.25) is 4.79 Å². The van der Waals surface area contributed by atoms with Gasteiger partial charge in [-0.05, 0) is 13.0 Å². The van der Waals surface area contributed by atoms with Crippen molar-refractivity contribution >= 4 is 28.7 Å². The molecular weight excluding hydrogens is 218 g/mol. The van der Waals surface area contributed by atoms with Gasteiger partial charge in [0.2, 0.25) is 0 Å². The molecule has 0 bridgehead atoms. The highest BCUT2D eigenvalue weighted by molar-refractivity contribution is 7.14. The lowest BCUT2D eigenvalue weighted by Crippen LogP contribution is -2.38. The maximum absolute atomic E-state index is 11.8. The molecule has 0 amide bonds. The van der Waals surface area contributed by atoms with Crippen LogP contribution in [0.25, 0.3) is 0 Å². The minimum Gasteiger partial charge on any atom is -0.305 e. The summed E-state index contributed by atoms with van der Waals surface area (Å²) in [4.78, 5) is 11.8. The third-order valence-electron chi connectivity index (χ3n) is 1.83. The summed E-state index contributed by atoms with van der Waals surface area (Å²) in [6, 6.07) is 1.87. The van der Waals surface area contributed by atoms with Crippen LogP contribution in [-0.2, 0) is 0 Å². The average Bonchev–Trinajstić information content (AvgIpc) is 2.49. The Balaban J connectivity index is 2.65. The summed E-state index contributed by atoms with van der Waals surface area (Å²) in [6.07, 6.45) is 0. The van der Waals surface area contributed by atoms with E-state index in [0.29, 0.717) is 15.9 Å². The molecule has 1 unspecified atom stereocenters.